The first-order valence-corrected chi connectivity index (χ1v) is 12.8. The summed E-state index contributed by atoms with van der Waals surface area (Å²) >= 11 is 0. The van der Waals surface area contributed by atoms with Crippen LogP contribution in [0, 0.1) is 16.7 Å². The molecule has 4 heteroatoms. The first-order chi connectivity index (χ1) is 18.3. The van der Waals surface area contributed by atoms with Gasteiger partial charge in [0.05, 0.1) is 11.5 Å². The van der Waals surface area contributed by atoms with E-state index in [-0.39, 0.29) is 5.91 Å². The van der Waals surface area contributed by atoms with E-state index in [1.165, 1.54) is 5.56 Å². The van der Waals surface area contributed by atoms with E-state index in [2.05, 4.69) is 23.5 Å². The summed E-state index contributed by atoms with van der Waals surface area (Å²) < 4.78 is 6.08. The number of nitriles is 1. The van der Waals surface area contributed by atoms with Crippen LogP contribution in [-0.2, 0) is 11.2 Å². The zero-order valence-corrected chi connectivity index (χ0v) is 21.9. The summed E-state index contributed by atoms with van der Waals surface area (Å²) in [5.41, 5.74) is 5.37. The van der Waals surface area contributed by atoms with Gasteiger partial charge in [-0.2, -0.15) is 5.26 Å². The second-order valence-electron chi connectivity index (χ2n) is 10.6. The number of carbonyl (C=O) groups is 1. The van der Waals surface area contributed by atoms with E-state index < -0.39 is 11.3 Å². The molecule has 4 nitrogen and oxygen atoms in total. The lowest BCUT2D eigenvalue weighted by atomic mass is 9.84. The lowest BCUT2D eigenvalue weighted by molar-refractivity contribution is -0.121. The van der Waals surface area contributed by atoms with Crippen LogP contribution in [0.25, 0.3) is 5.57 Å². The fourth-order valence-electron chi connectivity index (χ4n) is 4.90. The molecular formula is C34H30N2O2. The van der Waals surface area contributed by atoms with Crippen molar-refractivity contribution in [3.8, 4) is 17.6 Å². The van der Waals surface area contributed by atoms with Crippen molar-refractivity contribution in [3.63, 3.8) is 0 Å². The Morgan fingerprint density at radius 1 is 0.789 bits per heavy atom. The third kappa shape index (κ3) is 5.10. The molecule has 0 radical (unpaired) electrons. The summed E-state index contributed by atoms with van der Waals surface area (Å²) in [5, 5.41) is 13.5. The van der Waals surface area contributed by atoms with Crippen LogP contribution in [0.4, 0.5) is 0 Å². The Morgan fingerprint density at radius 2 is 1.32 bits per heavy atom. The Morgan fingerprint density at radius 3 is 1.87 bits per heavy atom. The van der Waals surface area contributed by atoms with Crippen molar-refractivity contribution in [1.82, 2.24) is 5.32 Å². The number of fused-ring (bicyclic) bond motifs is 2. The molecular weight excluding hydrogens is 468 g/mol. The van der Waals surface area contributed by atoms with E-state index in [4.69, 9.17) is 4.74 Å². The maximum atomic E-state index is 14.0. The monoisotopic (exact) mass is 498 g/mol. The van der Waals surface area contributed by atoms with E-state index in [1.54, 1.807) is 0 Å². The molecule has 1 N–H and O–H groups in total. The van der Waals surface area contributed by atoms with Gasteiger partial charge in [0.25, 0.3) is 0 Å². The highest BCUT2D eigenvalue weighted by molar-refractivity contribution is 5.93. The molecule has 4 aromatic carbocycles. The number of para-hydroxylation sites is 2. The summed E-state index contributed by atoms with van der Waals surface area (Å²) in [6.07, 6.45) is 0.818. The molecule has 0 saturated carbocycles. The fraction of sp³-hybridized carbons (Fsp3) is 0.176. The number of benzene rings is 4. The van der Waals surface area contributed by atoms with Crippen LogP contribution in [-0.4, -0.2) is 5.91 Å². The van der Waals surface area contributed by atoms with E-state index in [0.29, 0.717) is 22.8 Å². The number of amides is 1. The summed E-state index contributed by atoms with van der Waals surface area (Å²) in [6.45, 7) is 6.03. The Bertz CT molecular complexity index is 1490. The van der Waals surface area contributed by atoms with Gasteiger partial charge in [-0.05, 0) is 35.2 Å². The Labute approximate surface area is 224 Å². The third-order valence-corrected chi connectivity index (χ3v) is 6.80. The Balaban J connectivity index is 1.50. The standard InChI is InChI=1S/C34H30N2O2/c1-34(2,3)32(28(22-35)25-19-17-24(18-20-25)21-23-11-5-4-6-12-23)36-33(37)31-26-13-7-9-15-29(26)38-30-16-10-8-14-27(30)31/h4-20,31H,21H2,1-3H3,(H,36,37). The fourth-order valence-corrected chi connectivity index (χ4v) is 4.90. The Hall–Kier alpha value is -4.62. The maximum Gasteiger partial charge on any atom is 0.236 e. The summed E-state index contributed by atoms with van der Waals surface area (Å²) in [7, 11) is 0. The molecule has 0 fully saturated rings. The summed E-state index contributed by atoms with van der Waals surface area (Å²) in [5.74, 6) is 0.595. The highest BCUT2D eigenvalue weighted by atomic mass is 16.5. The van der Waals surface area contributed by atoms with Crippen molar-refractivity contribution >= 4 is 11.5 Å². The van der Waals surface area contributed by atoms with E-state index >= 15 is 0 Å². The van der Waals surface area contributed by atoms with Crippen LogP contribution < -0.4 is 10.1 Å². The van der Waals surface area contributed by atoms with Gasteiger partial charge in [-0.15, -0.1) is 0 Å². The third-order valence-electron chi connectivity index (χ3n) is 6.80. The van der Waals surface area contributed by atoms with Gasteiger partial charge in [0.15, 0.2) is 0 Å². The first-order valence-electron chi connectivity index (χ1n) is 12.8. The number of carbonyl (C=O) groups excluding carboxylic acids is 1. The van der Waals surface area contributed by atoms with E-state index in [1.807, 2.05) is 112 Å². The van der Waals surface area contributed by atoms with Crippen molar-refractivity contribution in [2.45, 2.75) is 33.1 Å². The topological polar surface area (TPSA) is 62.1 Å². The second kappa shape index (κ2) is 10.4. The average Bonchev–Trinajstić information content (AvgIpc) is 2.92. The normalized spacial score (nSPS) is 13.3. The van der Waals surface area contributed by atoms with Gasteiger partial charge < -0.3 is 10.1 Å². The molecule has 1 aliphatic heterocycles. The zero-order chi connectivity index (χ0) is 26.7. The van der Waals surface area contributed by atoms with Crippen LogP contribution in [0.5, 0.6) is 11.5 Å². The quantitative estimate of drug-likeness (QED) is 0.288. The van der Waals surface area contributed by atoms with Crippen LogP contribution in [0.2, 0.25) is 0 Å². The number of allylic oxidation sites excluding steroid dienone is 2. The molecule has 5 rings (SSSR count). The smallest absolute Gasteiger partial charge is 0.236 e. The molecule has 1 aliphatic rings. The van der Waals surface area contributed by atoms with Crippen molar-refractivity contribution in [3.05, 3.63) is 137 Å². The molecule has 0 aromatic heterocycles. The number of nitrogens with one attached hydrogen (secondary N) is 1. The van der Waals surface area contributed by atoms with Gasteiger partial charge in [-0.1, -0.05) is 112 Å². The maximum absolute atomic E-state index is 14.0. The lowest BCUT2D eigenvalue weighted by Gasteiger charge is -2.30. The van der Waals surface area contributed by atoms with Crippen LogP contribution in [0.3, 0.4) is 0 Å². The van der Waals surface area contributed by atoms with Crippen LogP contribution in [0.1, 0.15) is 54.5 Å². The summed E-state index contributed by atoms with van der Waals surface area (Å²) in [6, 6.07) is 35.9. The van der Waals surface area contributed by atoms with E-state index in [9.17, 15) is 10.1 Å². The lowest BCUT2D eigenvalue weighted by Crippen LogP contribution is -2.36. The number of nitrogens with zero attached hydrogens (tertiary/aromatic N) is 1. The van der Waals surface area contributed by atoms with Crippen molar-refractivity contribution in [2.24, 2.45) is 5.41 Å². The van der Waals surface area contributed by atoms with Crippen molar-refractivity contribution in [2.75, 3.05) is 0 Å². The van der Waals surface area contributed by atoms with Gasteiger partial charge in [0.1, 0.15) is 17.6 Å². The molecule has 188 valence electrons. The van der Waals surface area contributed by atoms with E-state index in [0.717, 1.165) is 28.7 Å². The van der Waals surface area contributed by atoms with Crippen LogP contribution in [0.15, 0.2) is 109 Å². The Kier molecular flexibility index (Phi) is 6.85. The molecule has 0 spiro atoms. The van der Waals surface area contributed by atoms with Gasteiger partial charge >= 0.3 is 0 Å². The predicted octanol–water partition coefficient (Wildman–Crippen LogP) is 7.61. The molecule has 1 amide bonds. The largest absolute Gasteiger partial charge is 0.457 e. The number of rotatable bonds is 5. The van der Waals surface area contributed by atoms with Crippen molar-refractivity contribution < 1.29 is 9.53 Å². The molecule has 4 aromatic rings. The number of ether oxygens (including phenoxy) is 1. The van der Waals surface area contributed by atoms with Gasteiger partial charge in [0.2, 0.25) is 5.91 Å². The minimum Gasteiger partial charge on any atom is -0.457 e. The zero-order valence-electron chi connectivity index (χ0n) is 21.9. The molecule has 0 aliphatic carbocycles. The molecule has 0 unspecified atom stereocenters. The first kappa shape index (κ1) is 25.0. The number of hydrogen-bond donors (Lipinski definition) is 1. The average molecular weight is 499 g/mol. The molecule has 0 bridgehead atoms. The highest BCUT2D eigenvalue weighted by Gasteiger charge is 2.34. The molecule has 38 heavy (non-hydrogen) atoms. The predicted molar refractivity (Wildman–Crippen MR) is 151 cm³/mol. The minimum absolute atomic E-state index is 0.188. The van der Waals surface area contributed by atoms with Crippen molar-refractivity contribution in [1.29, 1.82) is 5.26 Å². The molecule has 0 atom stereocenters. The highest BCUT2D eigenvalue weighted by Crippen LogP contribution is 2.44. The summed E-state index contributed by atoms with van der Waals surface area (Å²) in [4.78, 5) is 14.0. The SMILES string of the molecule is CC(C)(C)C(NC(=O)C1c2ccccc2Oc2ccccc21)=C(C#N)c1ccc(Cc2ccccc2)cc1. The van der Waals surface area contributed by atoms with Gasteiger partial charge in [-0.3, -0.25) is 4.79 Å². The van der Waals surface area contributed by atoms with Crippen LogP contribution >= 0.6 is 0 Å². The van der Waals surface area contributed by atoms with Gasteiger partial charge in [0, 0.05) is 22.2 Å². The second-order valence-corrected chi connectivity index (χ2v) is 10.6. The van der Waals surface area contributed by atoms with Gasteiger partial charge in [-0.25, -0.2) is 0 Å². The minimum atomic E-state index is -0.554. The number of hydrogen-bond acceptors (Lipinski definition) is 3. The molecule has 0 saturated heterocycles. The molecule has 1 heterocycles.